The van der Waals surface area contributed by atoms with Crippen molar-refractivity contribution < 1.29 is 19.7 Å². The molecule has 0 saturated heterocycles. The molecular formula is C22H23NO4. The van der Waals surface area contributed by atoms with Gasteiger partial charge in [0.1, 0.15) is 5.75 Å². The lowest BCUT2D eigenvalue weighted by atomic mass is 9.73. The van der Waals surface area contributed by atoms with E-state index >= 15 is 0 Å². The Hall–Kier alpha value is -2.53. The molecule has 5 heteroatoms. The molecule has 3 aromatic rings. The Morgan fingerprint density at radius 3 is 2.67 bits per heavy atom. The Morgan fingerprint density at radius 1 is 1.04 bits per heavy atom. The smallest absolute Gasteiger partial charge is 0.257 e. The third-order valence-corrected chi connectivity index (χ3v) is 6.45. The number of aromatic nitrogens is 1. The minimum absolute atomic E-state index is 0.216. The molecule has 1 aromatic heterocycles. The molecule has 2 N–H and O–H groups in total. The van der Waals surface area contributed by atoms with Crippen molar-refractivity contribution in [3.63, 3.8) is 0 Å². The molecule has 5 nitrogen and oxygen atoms in total. The number of pyridine rings is 1. The lowest BCUT2D eigenvalue weighted by Gasteiger charge is -2.34. The summed E-state index contributed by atoms with van der Waals surface area (Å²) in [6, 6.07) is 7.35. The monoisotopic (exact) mass is 365 g/mol. The van der Waals surface area contributed by atoms with Gasteiger partial charge in [0.25, 0.3) is 5.88 Å². The fraction of sp³-hybridized carbons (Fsp3) is 0.409. The Kier molecular flexibility index (Phi) is 3.69. The number of phenolic OH excluding ortho intramolecular Hbond substituents is 1. The molecule has 27 heavy (non-hydrogen) atoms. The van der Waals surface area contributed by atoms with Crippen LogP contribution in [0, 0.1) is 11.8 Å². The van der Waals surface area contributed by atoms with E-state index in [1.807, 2.05) is 12.1 Å². The number of rotatable bonds is 2. The highest BCUT2D eigenvalue weighted by Crippen LogP contribution is 2.51. The van der Waals surface area contributed by atoms with Gasteiger partial charge in [-0.05, 0) is 65.6 Å². The van der Waals surface area contributed by atoms with Crippen LogP contribution >= 0.6 is 0 Å². The highest BCUT2D eigenvalue weighted by Gasteiger charge is 2.41. The van der Waals surface area contributed by atoms with Crippen molar-refractivity contribution in [1.29, 1.82) is 0 Å². The average molecular weight is 365 g/mol. The van der Waals surface area contributed by atoms with Gasteiger partial charge in [-0.3, -0.25) is 0 Å². The SMILES string of the molecule is COc1cc2c(nc1OC)c1c(c3ccc(O)cc32)CC2CCC[C@@H]2[C@@H]1O. The summed E-state index contributed by atoms with van der Waals surface area (Å²) in [6.45, 7) is 0. The van der Waals surface area contributed by atoms with Crippen LogP contribution in [0.2, 0.25) is 0 Å². The van der Waals surface area contributed by atoms with E-state index in [0.29, 0.717) is 23.5 Å². The summed E-state index contributed by atoms with van der Waals surface area (Å²) in [7, 11) is 3.15. The summed E-state index contributed by atoms with van der Waals surface area (Å²) in [4.78, 5) is 4.73. The highest BCUT2D eigenvalue weighted by molar-refractivity contribution is 6.10. The van der Waals surface area contributed by atoms with Crippen LogP contribution in [0.15, 0.2) is 24.3 Å². The molecule has 0 aliphatic heterocycles. The standard InChI is InChI=1S/C22H23NO4/c1-26-18-10-17-15-9-12(24)6-7-14(15)16-8-11-4-3-5-13(11)21(25)19(16)20(17)23-22(18)27-2/h6-7,9-11,13,21,24-25H,3-5,8H2,1-2H3/t11?,13-,21-/m0/s1. The average Bonchev–Trinajstić information content (AvgIpc) is 3.16. The predicted molar refractivity (Wildman–Crippen MR) is 104 cm³/mol. The van der Waals surface area contributed by atoms with Crippen LogP contribution in [-0.2, 0) is 6.42 Å². The lowest BCUT2D eigenvalue weighted by Crippen LogP contribution is -2.26. The van der Waals surface area contributed by atoms with Crippen LogP contribution < -0.4 is 9.47 Å². The first kappa shape index (κ1) is 16.6. The van der Waals surface area contributed by atoms with E-state index in [0.717, 1.165) is 52.1 Å². The zero-order valence-corrected chi connectivity index (χ0v) is 15.5. The van der Waals surface area contributed by atoms with Gasteiger partial charge in [0.2, 0.25) is 0 Å². The van der Waals surface area contributed by atoms with E-state index in [1.54, 1.807) is 26.4 Å². The second-order valence-corrected chi connectivity index (χ2v) is 7.72. The van der Waals surface area contributed by atoms with Crippen LogP contribution in [0.25, 0.3) is 21.7 Å². The summed E-state index contributed by atoms with van der Waals surface area (Å²) in [5.74, 6) is 1.98. The van der Waals surface area contributed by atoms with E-state index in [2.05, 4.69) is 0 Å². The molecule has 1 saturated carbocycles. The van der Waals surface area contributed by atoms with Crippen molar-refractivity contribution in [2.24, 2.45) is 11.8 Å². The van der Waals surface area contributed by atoms with Gasteiger partial charge < -0.3 is 19.7 Å². The van der Waals surface area contributed by atoms with Gasteiger partial charge in [-0.1, -0.05) is 12.5 Å². The van der Waals surface area contributed by atoms with Gasteiger partial charge in [-0.15, -0.1) is 0 Å². The van der Waals surface area contributed by atoms with E-state index in [-0.39, 0.29) is 5.75 Å². The molecule has 5 rings (SSSR count). The van der Waals surface area contributed by atoms with Crippen molar-refractivity contribution in [1.82, 2.24) is 4.98 Å². The number of aromatic hydroxyl groups is 1. The first-order valence-electron chi connectivity index (χ1n) is 9.50. The third kappa shape index (κ3) is 2.31. The third-order valence-electron chi connectivity index (χ3n) is 6.45. The summed E-state index contributed by atoms with van der Waals surface area (Å²) in [5, 5.41) is 24.2. The molecule has 1 heterocycles. The number of aliphatic hydroxyl groups is 1. The second-order valence-electron chi connectivity index (χ2n) is 7.72. The van der Waals surface area contributed by atoms with E-state index in [4.69, 9.17) is 14.5 Å². The van der Waals surface area contributed by atoms with Gasteiger partial charge >= 0.3 is 0 Å². The molecule has 3 atom stereocenters. The summed E-state index contributed by atoms with van der Waals surface area (Å²) < 4.78 is 10.9. The fourth-order valence-electron chi connectivity index (χ4n) is 5.24. The normalized spacial score (nSPS) is 24.0. The molecule has 0 radical (unpaired) electrons. The first-order chi connectivity index (χ1) is 13.1. The number of hydrogen-bond acceptors (Lipinski definition) is 5. The summed E-state index contributed by atoms with van der Waals surface area (Å²) in [6.07, 6.45) is 3.82. The zero-order valence-electron chi connectivity index (χ0n) is 15.5. The molecule has 2 aliphatic rings. The van der Waals surface area contributed by atoms with Crippen LogP contribution in [0.5, 0.6) is 17.4 Å². The predicted octanol–water partition coefficient (Wildman–Crippen LogP) is 4.12. The Labute approximate surface area is 157 Å². The van der Waals surface area contributed by atoms with Crippen LogP contribution in [0.3, 0.4) is 0 Å². The Morgan fingerprint density at radius 2 is 1.89 bits per heavy atom. The minimum atomic E-state index is -0.521. The molecule has 0 bridgehead atoms. The number of aliphatic hydroxyl groups excluding tert-OH is 1. The molecule has 1 unspecified atom stereocenters. The molecule has 0 amide bonds. The molecule has 0 spiro atoms. The maximum absolute atomic E-state index is 11.3. The van der Waals surface area contributed by atoms with E-state index < -0.39 is 6.10 Å². The second kappa shape index (κ2) is 5.99. The molecule has 1 fully saturated rings. The number of fused-ring (bicyclic) bond motifs is 7. The maximum atomic E-state index is 11.3. The van der Waals surface area contributed by atoms with Gasteiger partial charge in [0.05, 0.1) is 25.8 Å². The van der Waals surface area contributed by atoms with Gasteiger partial charge in [0, 0.05) is 10.9 Å². The number of phenols is 1. The molecule has 140 valence electrons. The quantitative estimate of drug-likeness (QED) is 0.669. The largest absolute Gasteiger partial charge is 0.508 e. The van der Waals surface area contributed by atoms with E-state index in [1.165, 1.54) is 6.42 Å². The molecule has 2 aliphatic carbocycles. The van der Waals surface area contributed by atoms with Crippen molar-refractivity contribution >= 4 is 21.7 Å². The Bertz CT molecular complexity index is 1060. The zero-order chi connectivity index (χ0) is 18.7. The fourth-order valence-corrected chi connectivity index (χ4v) is 5.24. The number of methoxy groups -OCH3 is 2. The number of benzene rings is 2. The van der Waals surface area contributed by atoms with Crippen LogP contribution in [-0.4, -0.2) is 29.4 Å². The summed E-state index contributed by atoms with van der Waals surface area (Å²) in [5.41, 5.74) is 2.83. The van der Waals surface area contributed by atoms with Gasteiger partial charge in [-0.25, -0.2) is 4.98 Å². The highest BCUT2D eigenvalue weighted by atomic mass is 16.5. The van der Waals surface area contributed by atoms with Gasteiger partial charge in [0.15, 0.2) is 5.75 Å². The minimum Gasteiger partial charge on any atom is -0.508 e. The summed E-state index contributed by atoms with van der Waals surface area (Å²) >= 11 is 0. The van der Waals surface area contributed by atoms with Crippen LogP contribution in [0.4, 0.5) is 0 Å². The Balaban J connectivity index is 1.93. The van der Waals surface area contributed by atoms with Crippen molar-refractivity contribution in [3.8, 4) is 17.4 Å². The molecular weight excluding hydrogens is 342 g/mol. The molecule has 2 aromatic carbocycles. The number of ether oxygens (including phenoxy) is 2. The number of nitrogens with zero attached hydrogens (tertiary/aromatic N) is 1. The van der Waals surface area contributed by atoms with Crippen molar-refractivity contribution in [2.75, 3.05) is 14.2 Å². The first-order valence-corrected chi connectivity index (χ1v) is 9.50. The number of hydrogen-bond donors (Lipinski definition) is 2. The van der Waals surface area contributed by atoms with Crippen LogP contribution in [0.1, 0.15) is 36.5 Å². The maximum Gasteiger partial charge on any atom is 0.257 e. The lowest BCUT2D eigenvalue weighted by molar-refractivity contribution is 0.0758. The van der Waals surface area contributed by atoms with Gasteiger partial charge in [-0.2, -0.15) is 0 Å². The van der Waals surface area contributed by atoms with Crippen molar-refractivity contribution in [3.05, 3.63) is 35.4 Å². The van der Waals surface area contributed by atoms with Crippen molar-refractivity contribution in [2.45, 2.75) is 31.8 Å². The van der Waals surface area contributed by atoms with E-state index in [9.17, 15) is 10.2 Å². The topological polar surface area (TPSA) is 71.8 Å².